The fourth-order valence-corrected chi connectivity index (χ4v) is 4.35. The van der Waals surface area contributed by atoms with Crippen LogP contribution >= 0.6 is 23.4 Å². The van der Waals surface area contributed by atoms with Gasteiger partial charge in [0.25, 0.3) is 5.91 Å². The summed E-state index contributed by atoms with van der Waals surface area (Å²) in [5, 5.41) is 4.08. The summed E-state index contributed by atoms with van der Waals surface area (Å²) in [5.41, 5.74) is 1.82. The number of amides is 1. The third-order valence-electron chi connectivity index (χ3n) is 4.74. The highest BCUT2D eigenvalue weighted by Gasteiger charge is 2.24. The Kier molecular flexibility index (Phi) is 5.18. The second-order valence-electron chi connectivity index (χ2n) is 6.64. The monoisotopic (exact) mass is 385 g/mol. The van der Waals surface area contributed by atoms with Crippen LogP contribution in [-0.2, 0) is 4.79 Å². The van der Waals surface area contributed by atoms with E-state index in [2.05, 4.69) is 33.3 Å². The normalized spacial score (nSPS) is 21.5. The molecule has 0 unspecified atom stereocenters. The fraction of sp³-hybridized carbons (Fsp3) is 0.300. The summed E-state index contributed by atoms with van der Waals surface area (Å²) in [6.45, 7) is 0. The third kappa shape index (κ3) is 4.05. The molecule has 1 aromatic heterocycles. The van der Waals surface area contributed by atoms with E-state index in [4.69, 9.17) is 11.6 Å². The molecule has 2 fully saturated rings. The quantitative estimate of drug-likeness (QED) is 0.705. The van der Waals surface area contributed by atoms with Crippen molar-refractivity contribution in [2.45, 2.75) is 38.1 Å². The Balaban J connectivity index is 1.48. The van der Waals surface area contributed by atoms with Crippen LogP contribution in [0.4, 0.5) is 5.69 Å². The van der Waals surface area contributed by atoms with Crippen LogP contribution in [0, 0.1) is 0 Å². The van der Waals surface area contributed by atoms with Gasteiger partial charge in [-0.1, -0.05) is 30.9 Å². The zero-order valence-corrected chi connectivity index (χ0v) is 15.9. The Morgan fingerprint density at radius 1 is 1.15 bits per heavy atom. The number of amidine groups is 1. The topological polar surface area (TPSA) is 46.4 Å². The second kappa shape index (κ2) is 7.72. The molecule has 1 aliphatic carbocycles. The molecule has 1 aliphatic heterocycles. The molecule has 4 rings (SSSR count). The molecule has 2 aliphatic rings. The van der Waals surface area contributed by atoms with Gasteiger partial charge < -0.3 is 9.88 Å². The van der Waals surface area contributed by atoms with Crippen molar-refractivity contribution >= 4 is 46.2 Å². The van der Waals surface area contributed by atoms with E-state index in [-0.39, 0.29) is 5.91 Å². The molecular formula is C20H20ClN3OS. The Hall–Kier alpha value is -1.98. The lowest BCUT2D eigenvalue weighted by Crippen LogP contribution is -2.19. The van der Waals surface area contributed by atoms with Crippen molar-refractivity contribution in [3.8, 4) is 0 Å². The second-order valence-corrected chi connectivity index (χ2v) is 8.11. The van der Waals surface area contributed by atoms with E-state index in [1.807, 2.05) is 18.2 Å². The maximum absolute atomic E-state index is 12.2. The Morgan fingerprint density at radius 2 is 1.92 bits per heavy atom. The van der Waals surface area contributed by atoms with Crippen molar-refractivity contribution in [2.24, 2.45) is 4.99 Å². The first-order chi connectivity index (χ1) is 12.7. The van der Waals surface area contributed by atoms with Gasteiger partial charge in [-0.05, 0) is 66.6 Å². The molecule has 1 N–H and O–H groups in total. The fourth-order valence-electron chi connectivity index (χ4n) is 3.39. The number of carbonyl (C=O) groups excluding carboxylic acids is 1. The molecule has 0 atom stereocenters. The number of nitrogens with zero attached hydrogens (tertiary/aromatic N) is 2. The molecule has 2 heterocycles. The van der Waals surface area contributed by atoms with E-state index in [0.29, 0.717) is 21.1 Å². The molecule has 0 radical (unpaired) electrons. The predicted octanol–water partition coefficient (Wildman–Crippen LogP) is 5.54. The molecule has 26 heavy (non-hydrogen) atoms. The molecule has 1 saturated heterocycles. The van der Waals surface area contributed by atoms with Gasteiger partial charge in [0.15, 0.2) is 5.17 Å². The average Bonchev–Trinajstić information content (AvgIpc) is 3.25. The summed E-state index contributed by atoms with van der Waals surface area (Å²) in [6.07, 6.45) is 12.7. The van der Waals surface area contributed by atoms with Crippen molar-refractivity contribution in [1.82, 2.24) is 9.88 Å². The number of halogens is 1. The summed E-state index contributed by atoms with van der Waals surface area (Å²) in [4.78, 5) is 17.4. The molecule has 6 heteroatoms. The lowest BCUT2D eigenvalue weighted by Gasteiger charge is -2.23. The molecule has 0 bridgehead atoms. The van der Waals surface area contributed by atoms with Gasteiger partial charge in [-0.15, -0.1) is 0 Å². The van der Waals surface area contributed by atoms with Crippen molar-refractivity contribution in [1.29, 1.82) is 0 Å². The Labute approximate surface area is 162 Å². The zero-order valence-electron chi connectivity index (χ0n) is 14.3. The Morgan fingerprint density at radius 3 is 2.69 bits per heavy atom. The first-order valence-electron chi connectivity index (χ1n) is 8.90. The number of aromatic nitrogens is 1. The van der Waals surface area contributed by atoms with E-state index in [9.17, 15) is 4.79 Å². The summed E-state index contributed by atoms with van der Waals surface area (Å²) in [7, 11) is 0. The predicted molar refractivity (Wildman–Crippen MR) is 109 cm³/mol. The maximum Gasteiger partial charge on any atom is 0.264 e. The van der Waals surface area contributed by atoms with Gasteiger partial charge in [0, 0.05) is 23.5 Å². The zero-order chi connectivity index (χ0) is 17.9. The minimum atomic E-state index is -0.104. The highest BCUT2D eigenvalue weighted by atomic mass is 35.5. The molecule has 0 spiro atoms. The van der Waals surface area contributed by atoms with Gasteiger partial charge in [-0.3, -0.25) is 4.79 Å². The SMILES string of the molecule is O=C1NC(=Nc2ccc(Cl)cc2)S/C1=C/c1ccn(C2CCCCC2)c1. The first-order valence-corrected chi connectivity index (χ1v) is 10.1. The number of benzene rings is 1. The lowest BCUT2D eigenvalue weighted by atomic mass is 9.95. The van der Waals surface area contributed by atoms with Crippen LogP contribution in [0.1, 0.15) is 43.7 Å². The van der Waals surface area contributed by atoms with Crippen molar-refractivity contribution < 1.29 is 4.79 Å². The third-order valence-corrected chi connectivity index (χ3v) is 5.90. The number of thioether (sulfide) groups is 1. The van der Waals surface area contributed by atoms with E-state index >= 15 is 0 Å². The number of nitrogens with one attached hydrogen (secondary N) is 1. The molecule has 134 valence electrons. The smallest absolute Gasteiger partial charge is 0.264 e. The molecule has 1 aromatic carbocycles. The van der Waals surface area contributed by atoms with Gasteiger partial charge in [0.2, 0.25) is 0 Å². The molecule has 1 saturated carbocycles. The minimum absolute atomic E-state index is 0.104. The van der Waals surface area contributed by atoms with Crippen molar-refractivity contribution in [3.05, 3.63) is 58.2 Å². The number of rotatable bonds is 3. The first kappa shape index (κ1) is 17.4. The number of carbonyl (C=O) groups is 1. The van der Waals surface area contributed by atoms with Gasteiger partial charge in [0.1, 0.15) is 0 Å². The standard InChI is InChI=1S/C20H20ClN3OS/c21-15-6-8-16(9-7-15)22-20-23-19(25)18(26-20)12-14-10-11-24(13-14)17-4-2-1-3-5-17/h6-13,17H,1-5H2,(H,22,23,25)/b18-12+. The van der Waals surface area contributed by atoms with Crippen LogP contribution < -0.4 is 5.32 Å². The summed E-state index contributed by atoms with van der Waals surface area (Å²) >= 11 is 7.25. The van der Waals surface area contributed by atoms with E-state index in [0.717, 1.165) is 11.3 Å². The number of aliphatic imine (C=N–C) groups is 1. The highest BCUT2D eigenvalue weighted by Crippen LogP contribution is 2.31. The van der Waals surface area contributed by atoms with Crippen molar-refractivity contribution in [3.63, 3.8) is 0 Å². The lowest BCUT2D eigenvalue weighted by molar-refractivity contribution is -0.115. The van der Waals surface area contributed by atoms with E-state index in [1.165, 1.54) is 43.9 Å². The highest BCUT2D eigenvalue weighted by molar-refractivity contribution is 8.18. The van der Waals surface area contributed by atoms with Gasteiger partial charge in [0.05, 0.1) is 10.6 Å². The van der Waals surface area contributed by atoms with Crippen LogP contribution in [-0.4, -0.2) is 15.6 Å². The van der Waals surface area contributed by atoms with E-state index < -0.39 is 0 Å². The van der Waals surface area contributed by atoms with Crippen LogP contribution in [0.15, 0.2) is 52.6 Å². The summed E-state index contributed by atoms with van der Waals surface area (Å²) < 4.78 is 2.30. The van der Waals surface area contributed by atoms with E-state index in [1.54, 1.807) is 12.1 Å². The minimum Gasteiger partial charge on any atom is -0.351 e. The van der Waals surface area contributed by atoms with Gasteiger partial charge in [-0.2, -0.15) is 0 Å². The number of hydrogen-bond donors (Lipinski definition) is 1. The largest absolute Gasteiger partial charge is 0.351 e. The molecule has 1 amide bonds. The Bertz CT molecular complexity index is 863. The van der Waals surface area contributed by atoms with Crippen LogP contribution in [0.3, 0.4) is 0 Å². The maximum atomic E-state index is 12.2. The van der Waals surface area contributed by atoms with Crippen LogP contribution in [0.2, 0.25) is 5.02 Å². The van der Waals surface area contributed by atoms with Crippen LogP contribution in [0.25, 0.3) is 6.08 Å². The molecule has 4 nitrogen and oxygen atoms in total. The summed E-state index contributed by atoms with van der Waals surface area (Å²) in [5.74, 6) is -0.104. The van der Waals surface area contributed by atoms with Crippen LogP contribution in [0.5, 0.6) is 0 Å². The average molecular weight is 386 g/mol. The van der Waals surface area contributed by atoms with Crippen molar-refractivity contribution in [2.75, 3.05) is 0 Å². The molecule has 2 aromatic rings. The molecular weight excluding hydrogens is 366 g/mol. The van der Waals surface area contributed by atoms with Gasteiger partial charge in [-0.25, -0.2) is 4.99 Å². The number of hydrogen-bond acceptors (Lipinski definition) is 3. The van der Waals surface area contributed by atoms with Gasteiger partial charge >= 0.3 is 0 Å². The summed E-state index contributed by atoms with van der Waals surface area (Å²) in [6, 6.07) is 9.90.